The highest BCUT2D eigenvalue weighted by Crippen LogP contribution is 2.32. The van der Waals surface area contributed by atoms with Gasteiger partial charge in [0, 0.05) is 47.2 Å². The number of aromatic nitrogens is 4. The number of ether oxygens (including phenoxy) is 1. The third-order valence-electron chi connectivity index (χ3n) is 6.21. The number of hydrogen-bond acceptors (Lipinski definition) is 7. The van der Waals surface area contributed by atoms with Crippen LogP contribution in [-0.4, -0.2) is 52.0 Å². The van der Waals surface area contributed by atoms with Gasteiger partial charge in [-0.25, -0.2) is 14.6 Å². The number of aryl methyl sites for hydroxylation is 2. The molecule has 1 aliphatic heterocycles. The molecule has 1 amide bonds. The zero-order valence-electron chi connectivity index (χ0n) is 20.5. The van der Waals surface area contributed by atoms with Gasteiger partial charge in [-0.3, -0.25) is 4.79 Å². The van der Waals surface area contributed by atoms with Crippen LogP contribution in [0.15, 0.2) is 36.7 Å². The van der Waals surface area contributed by atoms with Gasteiger partial charge in [-0.2, -0.15) is 5.10 Å². The van der Waals surface area contributed by atoms with E-state index >= 15 is 0 Å². The number of morpholine rings is 1. The number of carbonyl (C=O) groups is 1. The van der Waals surface area contributed by atoms with E-state index < -0.39 is 0 Å². The first-order chi connectivity index (χ1) is 16.9. The minimum absolute atomic E-state index is 0.132. The van der Waals surface area contributed by atoms with E-state index in [4.69, 9.17) is 9.72 Å². The van der Waals surface area contributed by atoms with Crippen LogP contribution in [0.5, 0.6) is 0 Å². The summed E-state index contributed by atoms with van der Waals surface area (Å²) in [6.07, 6.45) is 3.57. The third-order valence-corrected chi connectivity index (χ3v) is 7.18. The topological polar surface area (TPSA) is 85.2 Å². The largest absolute Gasteiger partial charge is 0.378 e. The zero-order valence-corrected chi connectivity index (χ0v) is 21.4. The molecule has 1 fully saturated rings. The lowest BCUT2D eigenvalue weighted by Crippen LogP contribution is -2.36. The first-order valence-corrected chi connectivity index (χ1v) is 12.7. The molecule has 0 bridgehead atoms. The second-order valence-corrected chi connectivity index (χ2v) is 10.6. The molecule has 5 rings (SSSR count). The van der Waals surface area contributed by atoms with Gasteiger partial charge in [-0.05, 0) is 51.5 Å². The molecule has 9 heteroatoms. The Morgan fingerprint density at radius 3 is 2.63 bits per heavy atom. The van der Waals surface area contributed by atoms with E-state index in [1.165, 1.54) is 9.75 Å². The summed E-state index contributed by atoms with van der Waals surface area (Å²) in [5.41, 5.74) is 4.11. The SMILES string of the molecule is Cc1cc(-c2cc(C(=O)NCc3ccc(N4CCOCC4)nc3)c3cnn(C(C)C)c3n2)c(C)s1. The summed E-state index contributed by atoms with van der Waals surface area (Å²) in [6, 6.07) is 8.17. The lowest BCUT2D eigenvalue weighted by molar-refractivity contribution is 0.0952. The van der Waals surface area contributed by atoms with Gasteiger partial charge in [-0.15, -0.1) is 11.3 Å². The Morgan fingerprint density at radius 2 is 1.97 bits per heavy atom. The van der Waals surface area contributed by atoms with E-state index in [1.54, 1.807) is 17.5 Å². The average Bonchev–Trinajstić information content (AvgIpc) is 3.45. The van der Waals surface area contributed by atoms with Crippen LogP contribution >= 0.6 is 11.3 Å². The van der Waals surface area contributed by atoms with Gasteiger partial charge in [-0.1, -0.05) is 6.07 Å². The molecule has 1 aliphatic rings. The Hall–Kier alpha value is -3.30. The van der Waals surface area contributed by atoms with Crippen LogP contribution in [-0.2, 0) is 11.3 Å². The molecular weight excluding hydrogens is 460 g/mol. The van der Waals surface area contributed by atoms with Crippen LogP contribution in [0.25, 0.3) is 22.3 Å². The third kappa shape index (κ3) is 4.78. The first-order valence-electron chi connectivity index (χ1n) is 11.9. The van der Waals surface area contributed by atoms with Crippen LogP contribution in [0.2, 0.25) is 0 Å². The molecule has 4 aromatic rings. The highest BCUT2D eigenvalue weighted by molar-refractivity contribution is 7.12. The van der Waals surface area contributed by atoms with Crippen molar-refractivity contribution in [2.45, 2.75) is 40.3 Å². The molecule has 0 saturated carbocycles. The predicted molar refractivity (Wildman–Crippen MR) is 139 cm³/mol. The summed E-state index contributed by atoms with van der Waals surface area (Å²) in [5.74, 6) is 0.787. The summed E-state index contributed by atoms with van der Waals surface area (Å²) in [6.45, 7) is 11.8. The van der Waals surface area contributed by atoms with E-state index in [1.807, 2.05) is 29.1 Å². The number of anilines is 1. The number of nitrogens with zero attached hydrogens (tertiary/aromatic N) is 5. The lowest BCUT2D eigenvalue weighted by atomic mass is 10.1. The smallest absolute Gasteiger partial charge is 0.252 e. The van der Waals surface area contributed by atoms with Crippen LogP contribution in [0.4, 0.5) is 5.82 Å². The Labute approximate surface area is 209 Å². The number of rotatable bonds is 6. The van der Waals surface area contributed by atoms with E-state index in [2.05, 4.69) is 54.1 Å². The highest BCUT2D eigenvalue weighted by Gasteiger charge is 2.20. The van der Waals surface area contributed by atoms with Crippen LogP contribution in [0.1, 0.15) is 45.6 Å². The monoisotopic (exact) mass is 490 g/mol. The van der Waals surface area contributed by atoms with Crippen LogP contribution in [0, 0.1) is 13.8 Å². The van der Waals surface area contributed by atoms with E-state index in [-0.39, 0.29) is 11.9 Å². The van der Waals surface area contributed by atoms with Crippen molar-refractivity contribution in [1.29, 1.82) is 0 Å². The summed E-state index contributed by atoms with van der Waals surface area (Å²) >= 11 is 1.73. The summed E-state index contributed by atoms with van der Waals surface area (Å²) in [7, 11) is 0. The maximum atomic E-state index is 13.4. The van der Waals surface area contributed by atoms with E-state index in [0.29, 0.717) is 12.1 Å². The lowest BCUT2D eigenvalue weighted by Gasteiger charge is -2.27. The summed E-state index contributed by atoms with van der Waals surface area (Å²) in [4.78, 5) is 27.5. The van der Waals surface area contributed by atoms with Gasteiger partial charge in [0.1, 0.15) is 5.82 Å². The van der Waals surface area contributed by atoms with Crippen molar-refractivity contribution < 1.29 is 9.53 Å². The van der Waals surface area contributed by atoms with Gasteiger partial charge >= 0.3 is 0 Å². The maximum absolute atomic E-state index is 13.4. The van der Waals surface area contributed by atoms with Crippen molar-refractivity contribution in [1.82, 2.24) is 25.1 Å². The molecule has 0 radical (unpaired) electrons. The zero-order chi connectivity index (χ0) is 24.5. The second kappa shape index (κ2) is 9.75. The van der Waals surface area contributed by atoms with Crippen molar-refractivity contribution in [3.63, 3.8) is 0 Å². The van der Waals surface area contributed by atoms with Gasteiger partial charge in [0.15, 0.2) is 5.65 Å². The number of amides is 1. The number of carbonyl (C=O) groups excluding carboxylic acids is 1. The number of fused-ring (bicyclic) bond motifs is 1. The molecule has 4 aromatic heterocycles. The predicted octanol–water partition coefficient (Wildman–Crippen LogP) is 4.52. The molecule has 0 unspecified atom stereocenters. The fourth-order valence-corrected chi connectivity index (χ4v) is 5.32. The molecular formula is C26H30N6O2S. The summed E-state index contributed by atoms with van der Waals surface area (Å²) < 4.78 is 7.29. The molecule has 8 nitrogen and oxygen atoms in total. The molecule has 182 valence electrons. The standard InChI is InChI=1S/C26H30N6O2S/c1-16(2)32-25-22(15-29-32)21(12-23(30-25)20-11-17(3)35-18(20)4)26(33)28-14-19-5-6-24(27-13-19)31-7-9-34-10-8-31/h5-6,11-13,15-16H,7-10,14H2,1-4H3,(H,28,33). The second-order valence-electron chi connectivity index (χ2n) is 9.11. The molecule has 1 saturated heterocycles. The van der Waals surface area contributed by atoms with Crippen LogP contribution < -0.4 is 10.2 Å². The Morgan fingerprint density at radius 1 is 1.17 bits per heavy atom. The summed E-state index contributed by atoms with van der Waals surface area (Å²) in [5, 5.41) is 8.35. The van der Waals surface area contributed by atoms with Gasteiger partial charge in [0.05, 0.1) is 36.1 Å². The maximum Gasteiger partial charge on any atom is 0.252 e. The molecule has 0 spiro atoms. The average molecular weight is 491 g/mol. The minimum atomic E-state index is -0.149. The molecule has 5 heterocycles. The van der Waals surface area contributed by atoms with Crippen LogP contribution in [0.3, 0.4) is 0 Å². The quantitative estimate of drug-likeness (QED) is 0.428. The van der Waals surface area contributed by atoms with Crippen molar-refractivity contribution in [2.75, 3.05) is 31.2 Å². The fourth-order valence-electron chi connectivity index (χ4n) is 4.39. The normalized spacial score (nSPS) is 14.1. The Bertz CT molecular complexity index is 1350. The Balaban J connectivity index is 1.41. The highest BCUT2D eigenvalue weighted by atomic mass is 32.1. The van der Waals surface area contributed by atoms with E-state index in [0.717, 1.165) is 60.0 Å². The fraction of sp³-hybridized carbons (Fsp3) is 0.385. The van der Waals surface area contributed by atoms with Gasteiger partial charge in [0.25, 0.3) is 5.91 Å². The minimum Gasteiger partial charge on any atom is -0.378 e. The molecule has 0 aromatic carbocycles. The molecule has 0 aliphatic carbocycles. The van der Waals surface area contributed by atoms with Crippen molar-refractivity contribution in [3.05, 3.63) is 57.5 Å². The molecule has 1 N–H and O–H groups in total. The van der Waals surface area contributed by atoms with Crippen molar-refractivity contribution >= 4 is 34.1 Å². The van der Waals surface area contributed by atoms with Gasteiger partial charge in [0.2, 0.25) is 0 Å². The molecule has 0 atom stereocenters. The number of nitrogens with one attached hydrogen (secondary N) is 1. The van der Waals surface area contributed by atoms with Crippen molar-refractivity contribution in [3.8, 4) is 11.3 Å². The van der Waals surface area contributed by atoms with E-state index in [9.17, 15) is 4.79 Å². The van der Waals surface area contributed by atoms with Crippen molar-refractivity contribution in [2.24, 2.45) is 0 Å². The number of pyridine rings is 2. The van der Waals surface area contributed by atoms with Gasteiger partial charge < -0.3 is 15.0 Å². The molecule has 35 heavy (non-hydrogen) atoms. The number of thiophene rings is 1. The Kier molecular flexibility index (Phi) is 6.53. The first kappa shape index (κ1) is 23.4. The number of hydrogen-bond donors (Lipinski definition) is 1.